The van der Waals surface area contributed by atoms with Gasteiger partial charge in [0.05, 0.1) is 0 Å². The van der Waals surface area contributed by atoms with Gasteiger partial charge >= 0.3 is 0 Å². The second-order valence-electron chi connectivity index (χ2n) is 5.13. The zero-order valence-corrected chi connectivity index (χ0v) is 11.5. The van der Waals surface area contributed by atoms with Gasteiger partial charge in [0.15, 0.2) is 0 Å². The Labute approximate surface area is 114 Å². The summed E-state index contributed by atoms with van der Waals surface area (Å²) in [4.78, 5) is 4.00. The molecule has 1 aromatic heterocycles. The lowest BCUT2D eigenvalue weighted by Crippen LogP contribution is -2.41. The van der Waals surface area contributed by atoms with Gasteiger partial charge in [-0.15, -0.1) is 0 Å². The van der Waals surface area contributed by atoms with E-state index in [1.54, 1.807) is 6.20 Å². The van der Waals surface area contributed by atoms with Crippen molar-refractivity contribution in [1.82, 2.24) is 10.3 Å². The maximum atomic E-state index is 9.42. The van der Waals surface area contributed by atoms with Crippen molar-refractivity contribution in [3.63, 3.8) is 0 Å². The van der Waals surface area contributed by atoms with E-state index >= 15 is 0 Å². The van der Waals surface area contributed by atoms with Crippen molar-refractivity contribution in [2.24, 2.45) is 5.92 Å². The first-order chi connectivity index (χ1) is 8.70. The smallest absolute Gasteiger partial charge is 0.129 e. The summed E-state index contributed by atoms with van der Waals surface area (Å²) in [5.74, 6) is 0.388. The van der Waals surface area contributed by atoms with E-state index in [0.717, 1.165) is 18.4 Å². The van der Waals surface area contributed by atoms with E-state index in [1.165, 1.54) is 12.8 Å². The molecule has 100 valence electrons. The fourth-order valence-corrected chi connectivity index (χ4v) is 2.93. The van der Waals surface area contributed by atoms with Crippen LogP contribution in [-0.2, 0) is 0 Å². The molecule has 1 saturated carbocycles. The summed E-state index contributed by atoms with van der Waals surface area (Å²) in [6.07, 6.45) is 6.49. The van der Waals surface area contributed by atoms with Crippen LogP contribution in [0.1, 0.15) is 44.2 Å². The number of nitrogens with zero attached hydrogens (tertiary/aromatic N) is 1. The van der Waals surface area contributed by atoms with Crippen molar-refractivity contribution in [3.8, 4) is 0 Å². The number of aliphatic hydroxyl groups is 1. The topological polar surface area (TPSA) is 45.1 Å². The molecule has 4 heteroatoms. The Hall–Kier alpha value is -0.640. The molecule has 0 aromatic carbocycles. The van der Waals surface area contributed by atoms with Crippen molar-refractivity contribution in [1.29, 1.82) is 0 Å². The van der Waals surface area contributed by atoms with Crippen LogP contribution in [0.15, 0.2) is 18.3 Å². The molecule has 1 heterocycles. The van der Waals surface area contributed by atoms with Crippen molar-refractivity contribution < 1.29 is 5.11 Å². The molecule has 0 bridgehead atoms. The van der Waals surface area contributed by atoms with Gasteiger partial charge in [0.25, 0.3) is 0 Å². The van der Waals surface area contributed by atoms with Gasteiger partial charge in [0.2, 0.25) is 0 Å². The maximum Gasteiger partial charge on any atom is 0.129 e. The van der Waals surface area contributed by atoms with Gasteiger partial charge in [0, 0.05) is 24.9 Å². The highest BCUT2D eigenvalue weighted by molar-refractivity contribution is 6.29. The van der Waals surface area contributed by atoms with Gasteiger partial charge < -0.3 is 10.4 Å². The highest BCUT2D eigenvalue weighted by atomic mass is 35.5. The van der Waals surface area contributed by atoms with E-state index in [-0.39, 0.29) is 12.6 Å². The minimum Gasteiger partial charge on any atom is -0.396 e. The maximum absolute atomic E-state index is 9.42. The minimum atomic E-state index is 0.239. The van der Waals surface area contributed by atoms with Crippen LogP contribution in [-0.4, -0.2) is 22.7 Å². The summed E-state index contributed by atoms with van der Waals surface area (Å²) in [6, 6.07) is 4.53. The number of hydrogen-bond donors (Lipinski definition) is 2. The number of nitrogens with one attached hydrogen (secondary N) is 1. The normalized spacial score (nSPS) is 25.9. The van der Waals surface area contributed by atoms with Crippen LogP contribution < -0.4 is 5.32 Å². The third-order valence-corrected chi connectivity index (χ3v) is 4.06. The predicted octanol–water partition coefficient (Wildman–Crippen LogP) is 2.94. The third-order valence-electron chi connectivity index (χ3n) is 3.86. The van der Waals surface area contributed by atoms with Crippen molar-refractivity contribution in [3.05, 3.63) is 29.0 Å². The van der Waals surface area contributed by atoms with Gasteiger partial charge in [0.1, 0.15) is 5.15 Å². The van der Waals surface area contributed by atoms with E-state index in [2.05, 4.69) is 17.2 Å². The zero-order valence-electron chi connectivity index (χ0n) is 10.8. The minimum absolute atomic E-state index is 0.239. The second-order valence-corrected chi connectivity index (χ2v) is 5.52. The Kier molecular flexibility index (Phi) is 4.98. The number of rotatable bonds is 4. The molecule has 3 nitrogen and oxygen atoms in total. The number of aromatic nitrogens is 1. The van der Waals surface area contributed by atoms with Gasteiger partial charge in [-0.3, -0.25) is 0 Å². The predicted molar refractivity (Wildman–Crippen MR) is 73.6 cm³/mol. The molecule has 0 saturated heterocycles. The molecule has 1 fully saturated rings. The van der Waals surface area contributed by atoms with E-state index in [0.29, 0.717) is 17.1 Å². The summed E-state index contributed by atoms with van der Waals surface area (Å²) in [5, 5.41) is 13.6. The molecule has 1 aliphatic rings. The summed E-state index contributed by atoms with van der Waals surface area (Å²) in [5.41, 5.74) is 1.15. The van der Waals surface area contributed by atoms with Crippen LogP contribution >= 0.6 is 11.6 Å². The van der Waals surface area contributed by atoms with Gasteiger partial charge in [-0.05, 0) is 43.4 Å². The number of hydrogen-bond acceptors (Lipinski definition) is 3. The van der Waals surface area contributed by atoms with Crippen molar-refractivity contribution in [2.45, 2.75) is 44.7 Å². The fraction of sp³-hybridized carbons (Fsp3) is 0.643. The average Bonchev–Trinajstić information content (AvgIpc) is 2.39. The first kappa shape index (κ1) is 13.8. The van der Waals surface area contributed by atoms with Crippen LogP contribution in [0.5, 0.6) is 0 Å². The molecule has 3 unspecified atom stereocenters. The lowest BCUT2D eigenvalue weighted by molar-refractivity contribution is 0.147. The highest BCUT2D eigenvalue weighted by Crippen LogP contribution is 2.26. The fourth-order valence-electron chi connectivity index (χ4n) is 2.75. The van der Waals surface area contributed by atoms with Crippen LogP contribution in [0.2, 0.25) is 5.15 Å². The van der Waals surface area contributed by atoms with Gasteiger partial charge in [-0.25, -0.2) is 4.98 Å². The Bertz CT molecular complexity index is 386. The Morgan fingerprint density at radius 2 is 2.28 bits per heavy atom. The molecule has 0 radical (unpaired) electrons. The Morgan fingerprint density at radius 3 is 3.00 bits per heavy atom. The number of aliphatic hydroxyl groups excluding tert-OH is 1. The summed E-state index contributed by atoms with van der Waals surface area (Å²) >= 11 is 5.91. The first-order valence-corrected chi connectivity index (χ1v) is 7.07. The molecule has 0 spiro atoms. The quantitative estimate of drug-likeness (QED) is 0.826. The van der Waals surface area contributed by atoms with E-state index in [4.69, 9.17) is 11.6 Å². The van der Waals surface area contributed by atoms with Crippen molar-refractivity contribution >= 4 is 11.6 Å². The molecule has 3 atom stereocenters. The molecule has 2 rings (SSSR count). The van der Waals surface area contributed by atoms with Gasteiger partial charge in [-0.1, -0.05) is 24.4 Å². The highest BCUT2D eigenvalue weighted by Gasteiger charge is 2.25. The second kappa shape index (κ2) is 6.50. The molecule has 1 aliphatic carbocycles. The lowest BCUT2D eigenvalue weighted by atomic mass is 9.84. The molecule has 0 amide bonds. The molecule has 18 heavy (non-hydrogen) atoms. The van der Waals surface area contributed by atoms with Crippen LogP contribution in [0, 0.1) is 5.92 Å². The molecule has 2 N–H and O–H groups in total. The molecule has 0 aliphatic heterocycles. The summed E-state index contributed by atoms with van der Waals surface area (Å²) < 4.78 is 0. The lowest BCUT2D eigenvalue weighted by Gasteiger charge is -2.33. The standard InChI is InChI=1S/C14H21ClN2O/c1-10(11-6-7-16-14(15)8-11)17-13-5-3-2-4-12(13)9-18/h6-8,10,12-13,17-18H,2-5,9H2,1H3. The zero-order chi connectivity index (χ0) is 13.0. The average molecular weight is 269 g/mol. The summed E-state index contributed by atoms with van der Waals surface area (Å²) in [6.45, 7) is 2.41. The Morgan fingerprint density at radius 1 is 1.50 bits per heavy atom. The van der Waals surface area contributed by atoms with Crippen LogP contribution in [0.3, 0.4) is 0 Å². The van der Waals surface area contributed by atoms with E-state index in [1.807, 2.05) is 12.1 Å². The van der Waals surface area contributed by atoms with E-state index < -0.39 is 0 Å². The van der Waals surface area contributed by atoms with Crippen molar-refractivity contribution in [2.75, 3.05) is 6.61 Å². The van der Waals surface area contributed by atoms with Crippen LogP contribution in [0.4, 0.5) is 0 Å². The van der Waals surface area contributed by atoms with Crippen LogP contribution in [0.25, 0.3) is 0 Å². The largest absolute Gasteiger partial charge is 0.396 e. The van der Waals surface area contributed by atoms with E-state index in [9.17, 15) is 5.11 Å². The Balaban J connectivity index is 1.99. The monoisotopic (exact) mass is 268 g/mol. The van der Waals surface area contributed by atoms with Gasteiger partial charge in [-0.2, -0.15) is 0 Å². The number of halogens is 1. The molecular formula is C14H21ClN2O. The molecular weight excluding hydrogens is 248 g/mol. The first-order valence-electron chi connectivity index (χ1n) is 6.69. The number of pyridine rings is 1. The SMILES string of the molecule is CC(NC1CCCCC1CO)c1ccnc(Cl)c1. The third kappa shape index (κ3) is 3.44. The molecule has 1 aromatic rings. The summed E-state index contributed by atoms with van der Waals surface area (Å²) in [7, 11) is 0.